The van der Waals surface area contributed by atoms with Crippen LogP contribution < -0.4 is 16.4 Å². The van der Waals surface area contributed by atoms with Crippen molar-refractivity contribution >= 4 is 28.0 Å². The second kappa shape index (κ2) is 7.57. The summed E-state index contributed by atoms with van der Waals surface area (Å²) in [7, 11) is 0. The van der Waals surface area contributed by atoms with Gasteiger partial charge in [0.05, 0.1) is 5.52 Å². The smallest absolute Gasteiger partial charge is 0.0727 e. The molecule has 1 aliphatic carbocycles. The van der Waals surface area contributed by atoms with Gasteiger partial charge in [-0.2, -0.15) is 0 Å². The van der Waals surface area contributed by atoms with Gasteiger partial charge in [0.2, 0.25) is 0 Å². The number of pyridine rings is 1. The van der Waals surface area contributed by atoms with Gasteiger partial charge in [0.1, 0.15) is 0 Å². The van der Waals surface area contributed by atoms with E-state index in [2.05, 4.69) is 60.9 Å². The lowest BCUT2D eigenvalue weighted by Gasteiger charge is -2.22. The average Bonchev–Trinajstić information content (AvgIpc) is 2.68. The van der Waals surface area contributed by atoms with Crippen molar-refractivity contribution < 1.29 is 0 Å². The lowest BCUT2D eigenvalue weighted by Crippen LogP contribution is -2.17. The van der Waals surface area contributed by atoms with Crippen molar-refractivity contribution in [2.45, 2.75) is 39.5 Å². The van der Waals surface area contributed by atoms with E-state index >= 15 is 0 Å². The molecular weight excluding hydrogens is 332 g/mol. The number of anilines is 3. The minimum Gasteiger partial charge on any atom is -0.383 e. The fourth-order valence-corrected chi connectivity index (χ4v) is 3.89. The molecule has 4 rings (SSSR count). The van der Waals surface area contributed by atoms with Crippen molar-refractivity contribution in [2.75, 3.05) is 23.7 Å². The van der Waals surface area contributed by atoms with Gasteiger partial charge >= 0.3 is 0 Å². The van der Waals surface area contributed by atoms with Crippen molar-refractivity contribution in [1.29, 1.82) is 0 Å². The molecule has 0 saturated carbocycles. The number of aromatic nitrogens is 1. The number of rotatable bonds is 5. The van der Waals surface area contributed by atoms with Crippen LogP contribution in [0.2, 0.25) is 0 Å². The molecule has 1 aromatic heterocycles. The second-order valence-corrected chi connectivity index (χ2v) is 7.49. The Morgan fingerprint density at radius 2 is 1.74 bits per heavy atom. The third-order valence-electron chi connectivity index (χ3n) is 5.50. The summed E-state index contributed by atoms with van der Waals surface area (Å²) in [6.07, 6.45) is 4.64. The number of benzene rings is 2. The highest BCUT2D eigenvalue weighted by Gasteiger charge is 2.18. The molecule has 2 aromatic carbocycles. The van der Waals surface area contributed by atoms with Crippen LogP contribution in [0.15, 0.2) is 36.4 Å². The van der Waals surface area contributed by atoms with Gasteiger partial charge in [0.25, 0.3) is 0 Å². The number of hydrogen-bond acceptors (Lipinski definition) is 4. The molecule has 0 saturated heterocycles. The minimum absolute atomic E-state index is 0.624. The first-order chi connectivity index (χ1) is 13.2. The first-order valence-corrected chi connectivity index (χ1v) is 9.89. The van der Waals surface area contributed by atoms with E-state index in [9.17, 15) is 0 Å². The summed E-state index contributed by atoms with van der Waals surface area (Å²) in [6.45, 7) is 5.69. The minimum atomic E-state index is 0.624. The van der Waals surface area contributed by atoms with Crippen molar-refractivity contribution in [2.24, 2.45) is 5.73 Å². The molecule has 0 unspecified atom stereocenters. The molecule has 3 aromatic rings. The maximum Gasteiger partial charge on any atom is 0.0727 e. The monoisotopic (exact) mass is 360 g/mol. The van der Waals surface area contributed by atoms with Crippen LogP contribution >= 0.6 is 0 Å². The Bertz CT molecular complexity index is 978. The Labute approximate surface area is 161 Å². The van der Waals surface area contributed by atoms with Crippen LogP contribution in [0.4, 0.5) is 17.1 Å². The number of fused-ring (bicyclic) bond motifs is 2. The van der Waals surface area contributed by atoms with E-state index in [-0.39, 0.29) is 0 Å². The van der Waals surface area contributed by atoms with E-state index in [0.29, 0.717) is 6.54 Å². The summed E-state index contributed by atoms with van der Waals surface area (Å²) < 4.78 is 0. The first kappa shape index (κ1) is 17.8. The van der Waals surface area contributed by atoms with E-state index < -0.39 is 0 Å². The Hall–Kier alpha value is -2.59. The molecule has 27 heavy (non-hydrogen) atoms. The van der Waals surface area contributed by atoms with Gasteiger partial charge in [-0.1, -0.05) is 6.07 Å². The number of nitrogens with zero attached hydrogens (tertiary/aromatic N) is 1. The molecule has 0 atom stereocenters. The molecule has 4 heteroatoms. The van der Waals surface area contributed by atoms with Gasteiger partial charge in [-0.05, 0) is 86.6 Å². The molecule has 1 aliphatic rings. The zero-order valence-electron chi connectivity index (χ0n) is 16.2. The number of nitrogens with two attached hydrogens (primary N) is 1. The number of aryl methyl sites for hydroxylation is 3. The van der Waals surface area contributed by atoms with Crippen molar-refractivity contribution in [3.05, 3.63) is 58.8 Å². The summed E-state index contributed by atoms with van der Waals surface area (Å²) >= 11 is 0. The quantitative estimate of drug-likeness (QED) is 0.609. The van der Waals surface area contributed by atoms with Crippen LogP contribution in [0.5, 0.6) is 0 Å². The standard InChI is InChI=1S/C23H28N4/c1-15-7-8-17(13-16(15)2)26-18-9-10-22-20(14-18)23(25-12-11-24)19-5-3-4-6-21(19)27-22/h7-10,13-14,26H,3-6,11-12,24H2,1-2H3,(H,25,27). The molecule has 0 spiro atoms. The highest BCUT2D eigenvalue weighted by Crippen LogP contribution is 2.35. The lowest BCUT2D eigenvalue weighted by molar-refractivity contribution is 0.672. The average molecular weight is 361 g/mol. The van der Waals surface area contributed by atoms with Gasteiger partial charge in [-0.3, -0.25) is 4.98 Å². The maximum absolute atomic E-state index is 5.76. The predicted octanol–water partition coefficient (Wildman–Crippen LogP) is 4.84. The highest BCUT2D eigenvalue weighted by atomic mass is 14.9. The molecule has 0 aliphatic heterocycles. The Morgan fingerprint density at radius 1 is 0.963 bits per heavy atom. The molecule has 140 valence electrons. The van der Waals surface area contributed by atoms with E-state index in [0.717, 1.165) is 36.3 Å². The first-order valence-electron chi connectivity index (χ1n) is 9.89. The van der Waals surface area contributed by atoms with Crippen molar-refractivity contribution in [3.63, 3.8) is 0 Å². The molecule has 0 radical (unpaired) electrons. The summed E-state index contributed by atoms with van der Waals surface area (Å²) in [4.78, 5) is 4.96. The van der Waals surface area contributed by atoms with Crippen LogP contribution in [0, 0.1) is 13.8 Å². The third-order valence-corrected chi connectivity index (χ3v) is 5.50. The van der Waals surface area contributed by atoms with Crippen molar-refractivity contribution in [3.8, 4) is 0 Å². The Kier molecular flexibility index (Phi) is 4.99. The van der Waals surface area contributed by atoms with Crippen LogP contribution in [-0.4, -0.2) is 18.1 Å². The number of hydrogen-bond donors (Lipinski definition) is 3. The zero-order valence-corrected chi connectivity index (χ0v) is 16.2. The summed E-state index contributed by atoms with van der Waals surface area (Å²) in [5.74, 6) is 0. The summed E-state index contributed by atoms with van der Waals surface area (Å²) in [6, 6.07) is 12.9. The second-order valence-electron chi connectivity index (χ2n) is 7.49. The van der Waals surface area contributed by atoms with Gasteiger partial charge in [0, 0.05) is 41.2 Å². The topological polar surface area (TPSA) is 63.0 Å². The number of nitrogens with one attached hydrogen (secondary N) is 2. The molecule has 0 bridgehead atoms. The SMILES string of the molecule is Cc1ccc(Nc2ccc3nc4c(c(NCCN)c3c2)CCCC4)cc1C. The van der Waals surface area contributed by atoms with E-state index in [1.807, 2.05) is 0 Å². The van der Waals surface area contributed by atoms with Crippen LogP contribution in [0.25, 0.3) is 10.9 Å². The predicted molar refractivity (Wildman–Crippen MR) is 115 cm³/mol. The summed E-state index contributed by atoms with van der Waals surface area (Å²) in [5.41, 5.74) is 15.5. The molecule has 0 amide bonds. The zero-order chi connectivity index (χ0) is 18.8. The van der Waals surface area contributed by atoms with Crippen LogP contribution in [0.3, 0.4) is 0 Å². The Morgan fingerprint density at radius 3 is 2.56 bits per heavy atom. The highest BCUT2D eigenvalue weighted by molar-refractivity contribution is 5.96. The van der Waals surface area contributed by atoms with E-state index in [1.54, 1.807) is 0 Å². The normalized spacial score (nSPS) is 13.4. The largest absolute Gasteiger partial charge is 0.383 e. The maximum atomic E-state index is 5.76. The fourth-order valence-electron chi connectivity index (χ4n) is 3.89. The molecule has 4 N–H and O–H groups in total. The van der Waals surface area contributed by atoms with Crippen LogP contribution in [0.1, 0.15) is 35.2 Å². The fraction of sp³-hybridized carbons (Fsp3) is 0.348. The van der Waals surface area contributed by atoms with Gasteiger partial charge in [0.15, 0.2) is 0 Å². The van der Waals surface area contributed by atoms with Gasteiger partial charge in [-0.25, -0.2) is 0 Å². The molecular formula is C23H28N4. The van der Waals surface area contributed by atoms with Crippen molar-refractivity contribution in [1.82, 2.24) is 4.98 Å². The lowest BCUT2D eigenvalue weighted by atomic mass is 9.92. The molecule has 4 nitrogen and oxygen atoms in total. The summed E-state index contributed by atoms with van der Waals surface area (Å²) in [5, 5.41) is 8.31. The van der Waals surface area contributed by atoms with Crippen LogP contribution in [-0.2, 0) is 12.8 Å². The van der Waals surface area contributed by atoms with E-state index in [1.165, 1.54) is 46.3 Å². The van der Waals surface area contributed by atoms with Gasteiger partial charge < -0.3 is 16.4 Å². The molecule has 0 fully saturated rings. The van der Waals surface area contributed by atoms with E-state index in [4.69, 9.17) is 10.7 Å². The third kappa shape index (κ3) is 3.62. The van der Waals surface area contributed by atoms with Gasteiger partial charge in [-0.15, -0.1) is 0 Å². The molecule has 1 heterocycles. The Balaban J connectivity index is 1.76.